The highest BCUT2D eigenvalue weighted by Gasteiger charge is 2.71. The number of rotatable bonds is 4. The molecule has 5 fully saturated rings. The van der Waals surface area contributed by atoms with Crippen molar-refractivity contribution >= 4 is 35.0 Å². The van der Waals surface area contributed by atoms with E-state index in [9.17, 15) is 19.2 Å². The third-order valence-electron chi connectivity index (χ3n) is 9.87. The summed E-state index contributed by atoms with van der Waals surface area (Å²) < 4.78 is 6.14. The quantitative estimate of drug-likeness (QED) is 0.433. The Morgan fingerprint density at radius 2 is 1.26 bits per heavy atom. The van der Waals surface area contributed by atoms with Crippen LogP contribution < -0.4 is 9.80 Å². The van der Waals surface area contributed by atoms with Gasteiger partial charge in [-0.2, -0.15) is 0 Å². The fourth-order valence-electron chi connectivity index (χ4n) is 8.00. The summed E-state index contributed by atoms with van der Waals surface area (Å²) in [7, 11) is 1.52. The van der Waals surface area contributed by atoms with E-state index in [1.807, 2.05) is 42.5 Å². The van der Waals surface area contributed by atoms with Gasteiger partial charge in [0.05, 0.1) is 35.2 Å². The minimum atomic E-state index is -1.33. The van der Waals surface area contributed by atoms with Gasteiger partial charge in [-0.05, 0) is 36.2 Å². The van der Waals surface area contributed by atoms with Crippen LogP contribution in [0.4, 0.5) is 11.4 Å². The zero-order chi connectivity index (χ0) is 29.5. The Hall–Kier alpha value is -4.22. The largest absolute Gasteiger partial charge is 0.351 e. The molecule has 1 aliphatic carbocycles. The van der Waals surface area contributed by atoms with Gasteiger partial charge in [0.15, 0.2) is 11.9 Å². The van der Waals surface area contributed by atoms with Gasteiger partial charge in [0.1, 0.15) is 0 Å². The summed E-state index contributed by atoms with van der Waals surface area (Å²) >= 11 is 0. The molecule has 0 unspecified atom stereocenters. The smallest absolute Gasteiger partial charge is 0.266 e. The third kappa shape index (κ3) is 3.67. The Balaban J connectivity index is 1.21. The maximum atomic E-state index is 14.0. The lowest BCUT2D eigenvalue weighted by atomic mass is 9.62. The molecule has 4 amide bonds. The summed E-state index contributed by atoms with van der Waals surface area (Å²) in [5.41, 5.74) is 1.92. The van der Waals surface area contributed by atoms with Crippen LogP contribution in [0.15, 0.2) is 91.0 Å². The second kappa shape index (κ2) is 9.65. The summed E-state index contributed by atoms with van der Waals surface area (Å²) in [6.45, 7) is 0. The molecular formula is C33H29N3O7. The van der Waals surface area contributed by atoms with Crippen LogP contribution >= 0.6 is 0 Å². The van der Waals surface area contributed by atoms with Crippen LogP contribution in [0.25, 0.3) is 0 Å². The molecule has 8 atom stereocenters. The van der Waals surface area contributed by atoms with Gasteiger partial charge in [-0.1, -0.05) is 72.0 Å². The minimum Gasteiger partial charge on any atom is -0.351 e. The highest BCUT2D eigenvalue weighted by Crippen LogP contribution is 2.60. The molecule has 43 heavy (non-hydrogen) atoms. The predicted molar refractivity (Wildman–Crippen MR) is 152 cm³/mol. The zero-order valence-electron chi connectivity index (χ0n) is 23.3. The number of anilines is 2. The van der Waals surface area contributed by atoms with E-state index in [-0.39, 0.29) is 24.1 Å². The molecule has 4 saturated heterocycles. The van der Waals surface area contributed by atoms with E-state index in [0.717, 1.165) is 5.56 Å². The first kappa shape index (κ1) is 26.4. The first-order valence-electron chi connectivity index (χ1n) is 14.5. The number of nitrogens with zero attached hydrogens (tertiary/aromatic N) is 3. The van der Waals surface area contributed by atoms with E-state index in [4.69, 9.17) is 14.4 Å². The van der Waals surface area contributed by atoms with Gasteiger partial charge in [0.25, 0.3) is 5.91 Å². The number of ether oxygens (including phenoxy) is 1. The number of para-hydroxylation sites is 2. The van der Waals surface area contributed by atoms with E-state index < -0.39 is 53.4 Å². The number of hydroxylamine groups is 2. The fourth-order valence-corrected chi connectivity index (χ4v) is 8.00. The average Bonchev–Trinajstić information content (AvgIpc) is 3.62. The lowest BCUT2D eigenvalue weighted by molar-refractivity contribution is -0.491. The van der Waals surface area contributed by atoms with E-state index in [1.165, 1.54) is 22.1 Å². The van der Waals surface area contributed by atoms with Gasteiger partial charge >= 0.3 is 0 Å². The van der Waals surface area contributed by atoms with Crippen LogP contribution in [0.3, 0.4) is 0 Å². The number of amides is 4. The number of fused-ring (bicyclic) bond motifs is 5. The molecule has 1 saturated carbocycles. The second-order valence-corrected chi connectivity index (χ2v) is 11.8. The lowest BCUT2D eigenvalue weighted by Gasteiger charge is -2.55. The van der Waals surface area contributed by atoms with E-state index in [2.05, 4.69) is 0 Å². The fraction of sp³-hybridized carbons (Fsp3) is 0.333. The van der Waals surface area contributed by atoms with Crippen molar-refractivity contribution in [3.8, 4) is 0 Å². The summed E-state index contributed by atoms with van der Waals surface area (Å²) in [5, 5.41) is 1.28. The molecule has 10 heteroatoms. The summed E-state index contributed by atoms with van der Waals surface area (Å²) in [5.74, 6) is -5.60. The van der Waals surface area contributed by atoms with Gasteiger partial charge in [0, 0.05) is 25.4 Å². The first-order chi connectivity index (χ1) is 20.9. The Morgan fingerprint density at radius 1 is 0.698 bits per heavy atom. The monoisotopic (exact) mass is 579 g/mol. The molecule has 0 bridgehead atoms. The second-order valence-electron chi connectivity index (χ2n) is 11.8. The predicted octanol–water partition coefficient (Wildman–Crippen LogP) is 3.45. The maximum Gasteiger partial charge on any atom is 0.266 e. The molecule has 0 aromatic heterocycles. The average molecular weight is 580 g/mol. The summed E-state index contributed by atoms with van der Waals surface area (Å²) in [6, 6.07) is 26.8. The number of hydrogen-bond donors (Lipinski definition) is 0. The molecule has 3 aromatic rings. The number of hydrogen-bond acceptors (Lipinski definition) is 8. The minimum absolute atomic E-state index is 0.121. The molecule has 3 aromatic carbocycles. The number of carbonyl (C=O) groups is 4. The Labute approximate surface area is 247 Å². The van der Waals surface area contributed by atoms with Crippen LogP contribution in [0, 0.1) is 23.7 Å². The first-order valence-corrected chi connectivity index (χ1v) is 14.5. The van der Waals surface area contributed by atoms with Crippen LogP contribution in [0.1, 0.15) is 24.3 Å². The van der Waals surface area contributed by atoms with Gasteiger partial charge in [-0.15, -0.1) is 0 Å². The number of carbonyl (C=O) groups excluding carboxylic acids is 4. The molecule has 8 rings (SSSR count). The molecular weight excluding hydrogens is 550 g/mol. The van der Waals surface area contributed by atoms with Crippen molar-refractivity contribution in [3.63, 3.8) is 0 Å². The van der Waals surface area contributed by atoms with E-state index in [1.54, 1.807) is 48.5 Å². The van der Waals surface area contributed by atoms with E-state index >= 15 is 0 Å². The summed E-state index contributed by atoms with van der Waals surface area (Å²) in [4.78, 5) is 70.4. The summed E-state index contributed by atoms with van der Waals surface area (Å²) in [6.07, 6.45) is -0.650. The van der Waals surface area contributed by atoms with Gasteiger partial charge in [0.2, 0.25) is 17.7 Å². The molecule has 5 aliphatic rings. The molecule has 0 radical (unpaired) electrons. The lowest BCUT2D eigenvalue weighted by Crippen LogP contribution is -2.63. The van der Waals surface area contributed by atoms with E-state index in [0.29, 0.717) is 17.8 Å². The topological polar surface area (TPSA) is 106 Å². The molecule has 4 aliphatic heterocycles. The van der Waals surface area contributed by atoms with Crippen LogP contribution in [-0.2, 0) is 33.6 Å². The number of imide groups is 2. The molecule has 218 valence electrons. The van der Waals surface area contributed by atoms with Crippen LogP contribution in [0.2, 0.25) is 0 Å². The van der Waals surface area contributed by atoms with Gasteiger partial charge in [-0.3, -0.25) is 28.9 Å². The van der Waals surface area contributed by atoms with Crippen molar-refractivity contribution in [1.29, 1.82) is 0 Å². The van der Waals surface area contributed by atoms with Gasteiger partial charge < -0.3 is 4.74 Å². The van der Waals surface area contributed by atoms with Crippen molar-refractivity contribution in [2.75, 3.05) is 16.9 Å². The molecule has 0 N–H and O–H groups in total. The van der Waals surface area contributed by atoms with Crippen molar-refractivity contribution in [2.45, 2.75) is 36.7 Å². The Bertz CT molecular complexity index is 1620. The highest BCUT2D eigenvalue weighted by atomic mass is 17.0. The Kier molecular flexibility index (Phi) is 5.93. The van der Waals surface area contributed by atoms with Crippen molar-refractivity contribution in [3.05, 3.63) is 96.6 Å². The molecule has 0 spiro atoms. The SMILES string of the molecule is CO[C@]12C[C@@H]3C(=O)N(c4ccccc4)C(=O)[C@@H]3C[C@H]1[C@H](c1ccccc1)[C@H]1[C@H]3C(=O)N(c4ccccc4)C(=O)[C@H]3ON1O2. The Morgan fingerprint density at radius 3 is 1.86 bits per heavy atom. The molecule has 4 heterocycles. The van der Waals surface area contributed by atoms with Crippen molar-refractivity contribution in [1.82, 2.24) is 5.23 Å². The molecule has 10 nitrogen and oxygen atoms in total. The standard InChI is InChI=1S/C33H29N3O7/c1-41-33-18-23-22(29(37)34(30(23)38)20-13-7-3-8-14-20)17-24(33)25(19-11-5-2-6-12-19)27-26-28(42-36(27)43-33)32(40)35(31(26)39)21-15-9-4-10-16-21/h2-16,22-28H,17-18H2,1H3/t22-,23+,24+,25+,26-,27+,28+,33+/m1/s1. The van der Waals surface area contributed by atoms with Crippen LogP contribution in [-0.4, -0.2) is 53.9 Å². The third-order valence-corrected chi connectivity index (χ3v) is 9.87. The number of methoxy groups -OCH3 is 1. The zero-order valence-corrected chi connectivity index (χ0v) is 23.3. The highest BCUT2D eigenvalue weighted by molar-refractivity contribution is 6.24. The van der Waals surface area contributed by atoms with Crippen molar-refractivity contribution in [2.24, 2.45) is 23.7 Å². The van der Waals surface area contributed by atoms with Gasteiger partial charge in [-0.25, -0.2) is 9.74 Å². The van der Waals surface area contributed by atoms with Crippen molar-refractivity contribution < 1.29 is 33.6 Å². The normalized spacial score (nSPS) is 35.1. The maximum absolute atomic E-state index is 14.0. The van der Waals surface area contributed by atoms with Crippen LogP contribution in [0.5, 0.6) is 0 Å². The number of benzene rings is 3.